The fourth-order valence-corrected chi connectivity index (χ4v) is 5.13. The number of sulfonamides is 1. The van der Waals surface area contributed by atoms with Crippen molar-refractivity contribution in [3.63, 3.8) is 0 Å². The van der Waals surface area contributed by atoms with E-state index in [0.717, 1.165) is 9.87 Å². The highest BCUT2D eigenvalue weighted by Crippen LogP contribution is 2.36. The number of nitrogens with zero attached hydrogens (tertiary/aromatic N) is 1. The van der Waals surface area contributed by atoms with Crippen LogP contribution in [0.2, 0.25) is 0 Å². The van der Waals surface area contributed by atoms with Crippen molar-refractivity contribution in [3.05, 3.63) is 26.6 Å². The molecule has 1 fully saturated rings. The summed E-state index contributed by atoms with van der Waals surface area (Å²) in [5.41, 5.74) is 0.895. The second kappa shape index (κ2) is 5.75. The van der Waals surface area contributed by atoms with Crippen LogP contribution in [0.5, 0.6) is 0 Å². The largest absolute Gasteiger partial charge is 0.480 e. The highest BCUT2D eigenvalue weighted by atomic mass is 79.9. The molecule has 1 aromatic carbocycles. The summed E-state index contributed by atoms with van der Waals surface area (Å²) in [6.07, 6.45) is 1.41. The highest BCUT2D eigenvalue weighted by molar-refractivity contribution is 9.11. The molecule has 5 nitrogen and oxygen atoms in total. The van der Waals surface area contributed by atoms with Gasteiger partial charge in [0, 0.05) is 15.0 Å². The Kier molecular flexibility index (Phi) is 4.58. The van der Waals surface area contributed by atoms with E-state index in [-0.39, 0.29) is 10.9 Å². The summed E-state index contributed by atoms with van der Waals surface area (Å²) in [4.78, 5) is 11.0. The molecule has 2 rings (SSSR count). The fourth-order valence-electron chi connectivity index (χ4n) is 1.86. The predicted octanol–water partition coefficient (Wildman–Crippen LogP) is 2.76. The first-order valence-corrected chi connectivity index (χ1v) is 8.95. The Labute approximate surface area is 134 Å². The van der Waals surface area contributed by atoms with Crippen molar-refractivity contribution in [2.75, 3.05) is 6.54 Å². The zero-order valence-electron chi connectivity index (χ0n) is 10.6. The number of carboxylic acid groups (broad SMARTS) is 1. The molecule has 0 heterocycles. The Morgan fingerprint density at radius 2 is 1.95 bits per heavy atom. The number of aliphatic carboxylic acids is 1. The minimum absolute atomic E-state index is 0.0862. The first-order chi connectivity index (χ1) is 9.23. The van der Waals surface area contributed by atoms with Crippen molar-refractivity contribution in [1.82, 2.24) is 4.31 Å². The number of hydrogen-bond donors (Lipinski definition) is 1. The molecule has 8 heteroatoms. The number of aryl methyl sites for hydroxylation is 1. The smallest absolute Gasteiger partial charge is 0.318 e. The lowest BCUT2D eigenvalue weighted by Gasteiger charge is -2.21. The van der Waals surface area contributed by atoms with Crippen LogP contribution in [-0.2, 0) is 14.8 Å². The molecular weight excluding hydrogens is 414 g/mol. The van der Waals surface area contributed by atoms with E-state index in [1.54, 1.807) is 6.07 Å². The Morgan fingerprint density at radius 3 is 2.45 bits per heavy atom. The molecule has 0 spiro atoms. The van der Waals surface area contributed by atoms with Crippen LogP contribution in [0, 0.1) is 6.92 Å². The van der Waals surface area contributed by atoms with Gasteiger partial charge in [0.15, 0.2) is 0 Å². The molecule has 0 amide bonds. The average Bonchev–Trinajstić information content (AvgIpc) is 3.14. The van der Waals surface area contributed by atoms with Gasteiger partial charge < -0.3 is 5.11 Å². The fraction of sp³-hybridized carbons (Fsp3) is 0.417. The maximum atomic E-state index is 12.6. The number of carboxylic acids is 1. The summed E-state index contributed by atoms with van der Waals surface area (Å²) in [5.74, 6) is -1.15. The van der Waals surface area contributed by atoms with Gasteiger partial charge in [-0.3, -0.25) is 4.79 Å². The number of carbonyl (C=O) groups is 1. The van der Waals surface area contributed by atoms with Crippen LogP contribution in [0.15, 0.2) is 26.0 Å². The lowest BCUT2D eigenvalue weighted by Crippen LogP contribution is -2.37. The van der Waals surface area contributed by atoms with Crippen molar-refractivity contribution in [3.8, 4) is 0 Å². The average molecular weight is 427 g/mol. The SMILES string of the molecule is Cc1cc(Br)c(S(=O)(=O)N(CC(=O)O)C2CC2)cc1Br. The first kappa shape index (κ1) is 15.9. The van der Waals surface area contributed by atoms with E-state index >= 15 is 0 Å². The summed E-state index contributed by atoms with van der Waals surface area (Å²) in [5, 5.41) is 8.91. The molecule has 0 aliphatic heterocycles. The normalized spacial score (nSPS) is 15.6. The molecule has 1 aliphatic carbocycles. The Morgan fingerprint density at radius 1 is 1.35 bits per heavy atom. The van der Waals surface area contributed by atoms with Gasteiger partial charge in [-0.05, 0) is 53.4 Å². The van der Waals surface area contributed by atoms with Crippen molar-refractivity contribution in [2.45, 2.75) is 30.7 Å². The van der Waals surface area contributed by atoms with E-state index in [4.69, 9.17) is 5.11 Å². The van der Waals surface area contributed by atoms with Gasteiger partial charge >= 0.3 is 5.97 Å². The summed E-state index contributed by atoms with van der Waals surface area (Å²) in [6, 6.07) is 3.00. The number of hydrogen-bond acceptors (Lipinski definition) is 3. The van der Waals surface area contributed by atoms with Crippen molar-refractivity contribution in [2.24, 2.45) is 0 Å². The van der Waals surface area contributed by atoms with Crippen molar-refractivity contribution < 1.29 is 18.3 Å². The van der Waals surface area contributed by atoms with E-state index in [1.807, 2.05) is 6.92 Å². The van der Waals surface area contributed by atoms with Crippen LogP contribution in [0.1, 0.15) is 18.4 Å². The molecule has 0 saturated heterocycles. The topological polar surface area (TPSA) is 74.7 Å². The Bertz CT molecular complexity index is 656. The van der Waals surface area contributed by atoms with Crippen molar-refractivity contribution in [1.29, 1.82) is 0 Å². The van der Waals surface area contributed by atoms with E-state index in [9.17, 15) is 13.2 Å². The van der Waals surface area contributed by atoms with Crippen LogP contribution in [0.25, 0.3) is 0 Å². The van der Waals surface area contributed by atoms with Gasteiger partial charge in [0.05, 0.1) is 4.90 Å². The van der Waals surface area contributed by atoms with Gasteiger partial charge in [-0.15, -0.1) is 0 Å². The van der Waals surface area contributed by atoms with E-state index in [1.165, 1.54) is 6.07 Å². The molecule has 1 saturated carbocycles. The maximum Gasteiger partial charge on any atom is 0.318 e. The quantitative estimate of drug-likeness (QED) is 0.785. The van der Waals surface area contributed by atoms with Crippen LogP contribution < -0.4 is 0 Å². The summed E-state index contributed by atoms with van der Waals surface area (Å²) in [7, 11) is -3.83. The van der Waals surface area contributed by atoms with Crippen molar-refractivity contribution >= 4 is 47.9 Å². The number of rotatable bonds is 5. The van der Waals surface area contributed by atoms with Gasteiger partial charge in [-0.1, -0.05) is 15.9 Å². The van der Waals surface area contributed by atoms with Crippen LogP contribution in [0.4, 0.5) is 0 Å². The highest BCUT2D eigenvalue weighted by Gasteiger charge is 2.40. The molecular formula is C12H13Br2NO4S. The lowest BCUT2D eigenvalue weighted by atomic mass is 10.2. The minimum Gasteiger partial charge on any atom is -0.480 e. The molecule has 1 aliphatic rings. The first-order valence-electron chi connectivity index (χ1n) is 5.92. The molecule has 0 atom stereocenters. The minimum atomic E-state index is -3.83. The Balaban J connectivity index is 2.47. The summed E-state index contributed by atoms with van der Waals surface area (Å²) < 4.78 is 27.5. The molecule has 0 radical (unpaired) electrons. The molecule has 20 heavy (non-hydrogen) atoms. The van der Waals surface area contributed by atoms with Crippen LogP contribution >= 0.6 is 31.9 Å². The number of benzene rings is 1. The zero-order valence-corrected chi connectivity index (χ0v) is 14.6. The summed E-state index contributed by atoms with van der Waals surface area (Å²) in [6.45, 7) is 1.34. The van der Waals surface area contributed by atoms with E-state index in [2.05, 4.69) is 31.9 Å². The third-order valence-corrected chi connectivity index (χ3v) is 6.76. The third-order valence-electron chi connectivity index (χ3n) is 3.05. The van der Waals surface area contributed by atoms with Crippen LogP contribution in [-0.4, -0.2) is 36.4 Å². The zero-order chi connectivity index (χ0) is 15.1. The second-order valence-electron chi connectivity index (χ2n) is 4.71. The van der Waals surface area contributed by atoms with Gasteiger partial charge in [0.1, 0.15) is 6.54 Å². The second-order valence-corrected chi connectivity index (χ2v) is 8.27. The van der Waals surface area contributed by atoms with Gasteiger partial charge in [-0.25, -0.2) is 8.42 Å². The van der Waals surface area contributed by atoms with Gasteiger partial charge in [0.2, 0.25) is 10.0 Å². The predicted molar refractivity (Wildman–Crippen MR) is 81.1 cm³/mol. The molecule has 110 valence electrons. The van der Waals surface area contributed by atoms with Gasteiger partial charge in [-0.2, -0.15) is 4.31 Å². The Hall–Kier alpha value is -0.440. The third kappa shape index (κ3) is 3.24. The lowest BCUT2D eigenvalue weighted by molar-refractivity contribution is -0.137. The van der Waals surface area contributed by atoms with E-state index < -0.39 is 22.5 Å². The molecule has 0 bridgehead atoms. The summed E-state index contributed by atoms with van der Waals surface area (Å²) >= 11 is 6.55. The van der Waals surface area contributed by atoms with E-state index in [0.29, 0.717) is 21.8 Å². The molecule has 0 aromatic heterocycles. The standard InChI is InChI=1S/C12H13Br2NO4S/c1-7-4-10(14)11(5-9(7)13)20(18,19)15(6-12(16)17)8-2-3-8/h4-5,8H,2-3,6H2,1H3,(H,16,17). The molecule has 0 unspecified atom stereocenters. The van der Waals surface area contributed by atoms with Gasteiger partial charge in [0.25, 0.3) is 0 Å². The number of halogens is 2. The van der Waals surface area contributed by atoms with Crippen LogP contribution in [0.3, 0.4) is 0 Å². The maximum absolute atomic E-state index is 12.6. The monoisotopic (exact) mass is 425 g/mol. The molecule has 1 N–H and O–H groups in total. The molecule has 1 aromatic rings.